The van der Waals surface area contributed by atoms with Crippen LogP contribution in [0, 0.1) is 27.7 Å². The summed E-state index contributed by atoms with van der Waals surface area (Å²) in [5, 5.41) is 2.97. The maximum absolute atomic E-state index is 13.3. The molecule has 0 saturated carbocycles. The molecule has 0 spiro atoms. The van der Waals surface area contributed by atoms with E-state index in [1.165, 1.54) is 11.3 Å². The van der Waals surface area contributed by atoms with Gasteiger partial charge in [-0.2, -0.15) is 0 Å². The molecule has 32 heavy (non-hydrogen) atoms. The molecule has 1 aliphatic rings. The van der Waals surface area contributed by atoms with Crippen LogP contribution in [0.25, 0.3) is 11.2 Å². The van der Waals surface area contributed by atoms with Crippen LogP contribution in [0.5, 0.6) is 0 Å². The second-order valence-electron chi connectivity index (χ2n) is 8.96. The van der Waals surface area contributed by atoms with Crippen molar-refractivity contribution in [2.24, 2.45) is 0 Å². The maximum Gasteiger partial charge on any atom is 0.256 e. The molecule has 0 unspecified atom stereocenters. The van der Waals surface area contributed by atoms with Crippen LogP contribution >= 0.6 is 0 Å². The zero-order valence-corrected chi connectivity index (χ0v) is 19.6. The Kier molecular flexibility index (Phi) is 6.00. The van der Waals surface area contributed by atoms with Crippen molar-refractivity contribution in [2.45, 2.75) is 59.9 Å². The molecular weight excluding hydrogens is 402 g/mol. The Bertz CT molecular complexity index is 1190. The zero-order valence-electron chi connectivity index (χ0n) is 19.6. The van der Waals surface area contributed by atoms with Crippen LogP contribution in [0.15, 0.2) is 18.2 Å². The first-order chi connectivity index (χ1) is 15.2. The van der Waals surface area contributed by atoms with E-state index >= 15 is 0 Å². The van der Waals surface area contributed by atoms with Gasteiger partial charge in [-0.1, -0.05) is 24.1 Å². The monoisotopic (exact) mass is 433 g/mol. The molecule has 2 aromatic heterocycles. The van der Waals surface area contributed by atoms with Crippen molar-refractivity contribution >= 4 is 28.7 Å². The summed E-state index contributed by atoms with van der Waals surface area (Å²) < 4.78 is 2.15. The number of aryl methyl sites for hydroxylation is 6. The standard InChI is InChI=1S/C25H31N5O2/c1-15-11-16(2)22(17(3)12-15)28-21(31)14-29(5)25(32)19-13-18(4)26-24-23(19)27-20-9-7-6-8-10-30(20)24/h11-13H,6-10,14H2,1-5H3,(H,28,31). The molecule has 7 nitrogen and oxygen atoms in total. The number of likely N-dealkylation sites (N-methyl/N-ethyl adjacent to an activating group) is 1. The average molecular weight is 434 g/mol. The molecular formula is C25H31N5O2. The van der Waals surface area contributed by atoms with Gasteiger partial charge in [0.2, 0.25) is 5.91 Å². The number of nitrogens with zero attached hydrogens (tertiary/aromatic N) is 4. The lowest BCUT2D eigenvalue weighted by Crippen LogP contribution is -2.35. The number of hydrogen-bond acceptors (Lipinski definition) is 4. The molecule has 2 amide bonds. The first-order valence-corrected chi connectivity index (χ1v) is 11.2. The van der Waals surface area contributed by atoms with Crippen LogP contribution in [0.4, 0.5) is 5.69 Å². The number of hydrogen-bond donors (Lipinski definition) is 1. The molecule has 1 aliphatic heterocycles. The summed E-state index contributed by atoms with van der Waals surface area (Å²) in [5.41, 5.74) is 6.67. The lowest BCUT2D eigenvalue weighted by molar-refractivity contribution is -0.116. The van der Waals surface area contributed by atoms with Crippen LogP contribution in [-0.4, -0.2) is 44.8 Å². The van der Waals surface area contributed by atoms with Gasteiger partial charge in [0.25, 0.3) is 5.91 Å². The lowest BCUT2D eigenvalue weighted by Gasteiger charge is -2.19. The third-order valence-electron chi connectivity index (χ3n) is 6.09. The summed E-state index contributed by atoms with van der Waals surface area (Å²) >= 11 is 0. The number of amides is 2. The second kappa shape index (κ2) is 8.73. The molecule has 0 bridgehead atoms. The van der Waals surface area contributed by atoms with Crippen molar-refractivity contribution in [3.05, 3.63) is 52.0 Å². The minimum Gasteiger partial charge on any atom is -0.332 e. The van der Waals surface area contributed by atoms with Crippen LogP contribution in [0.1, 0.15) is 57.8 Å². The summed E-state index contributed by atoms with van der Waals surface area (Å²) in [4.78, 5) is 37.0. The molecule has 3 aromatic rings. The van der Waals surface area contributed by atoms with E-state index in [4.69, 9.17) is 4.98 Å². The van der Waals surface area contributed by atoms with Crippen molar-refractivity contribution < 1.29 is 9.59 Å². The number of aromatic nitrogens is 3. The van der Waals surface area contributed by atoms with Gasteiger partial charge >= 0.3 is 0 Å². The summed E-state index contributed by atoms with van der Waals surface area (Å²) in [6.45, 7) is 8.71. The number of benzene rings is 1. The van der Waals surface area contributed by atoms with E-state index in [1.54, 1.807) is 13.1 Å². The summed E-state index contributed by atoms with van der Waals surface area (Å²) in [5.74, 6) is 0.551. The van der Waals surface area contributed by atoms with Crippen LogP contribution in [0.2, 0.25) is 0 Å². The highest BCUT2D eigenvalue weighted by Crippen LogP contribution is 2.25. The Morgan fingerprint density at radius 3 is 2.47 bits per heavy atom. The fourth-order valence-corrected chi connectivity index (χ4v) is 4.63. The third kappa shape index (κ3) is 4.24. The Morgan fingerprint density at radius 2 is 1.75 bits per heavy atom. The maximum atomic E-state index is 13.3. The largest absolute Gasteiger partial charge is 0.332 e. The van der Waals surface area contributed by atoms with Crippen LogP contribution < -0.4 is 5.32 Å². The number of carbonyl (C=O) groups excluding carboxylic acids is 2. The van der Waals surface area contributed by atoms with Gasteiger partial charge in [0, 0.05) is 31.4 Å². The van der Waals surface area contributed by atoms with Crippen LogP contribution in [0.3, 0.4) is 0 Å². The predicted molar refractivity (Wildman–Crippen MR) is 126 cm³/mol. The van der Waals surface area contributed by atoms with Crippen molar-refractivity contribution in [1.29, 1.82) is 0 Å². The van der Waals surface area contributed by atoms with Gasteiger partial charge in [0.05, 0.1) is 12.1 Å². The van der Waals surface area contributed by atoms with Gasteiger partial charge in [-0.3, -0.25) is 9.59 Å². The minimum atomic E-state index is -0.224. The summed E-state index contributed by atoms with van der Waals surface area (Å²) in [6, 6.07) is 5.85. The molecule has 1 N–H and O–H groups in total. The molecule has 168 valence electrons. The highest BCUT2D eigenvalue weighted by Gasteiger charge is 2.24. The fourth-order valence-electron chi connectivity index (χ4n) is 4.63. The molecule has 4 rings (SSSR count). The number of fused-ring (bicyclic) bond motifs is 3. The molecule has 0 atom stereocenters. The first kappa shape index (κ1) is 22.0. The topological polar surface area (TPSA) is 80.1 Å². The van der Waals surface area contributed by atoms with Crippen molar-refractivity contribution in [2.75, 3.05) is 18.9 Å². The molecule has 0 fully saturated rings. The Labute approximate surface area is 188 Å². The van der Waals surface area contributed by atoms with Crippen molar-refractivity contribution in [3.8, 4) is 0 Å². The highest BCUT2D eigenvalue weighted by molar-refractivity contribution is 6.06. The number of rotatable bonds is 4. The van der Waals surface area contributed by atoms with E-state index in [0.29, 0.717) is 11.1 Å². The summed E-state index contributed by atoms with van der Waals surface area (Å²) in [6.07, 6.45) is 4.27. The normalized spacial score (nSPS) is 13.5. The number of carbonyl (C=O) groups is 2. The van der Waals surface area contributed by atoms with E-state index in [2.05, 4.69) is 14.9 Å². The van der Waals surface area contributed by atoms with E-state index in [9.17, 15) is 9.59 Å². The van der Waals surface area contributed by atoms with E-state index in [-0.39, 0.29) is 18.4 Å². The quantitative estimate of drug-likeness (QED) is 0.672. The Hall–Kier alpha value is -3.22. The van der Waals surface area contributed by atoms with E-state index in [0.717, 1.165) is 65.4 Å². The second-order valence-corrected chi connectivity index (χ2v) is 8.96. The Balaban J connectivity index is 1.57. The van der Waals surface area contributed by atoms with Gasteiger partial charge in [-0.25, -0.2) is 9.97 Å². The number of nitrogens with one attached hydrogen (secondary N) is 1. The Morgan fingerprint density at radius 1 is 1.03 bits per heavy atom. The van der Waals surface area contributed by atoms with Crippen LogP contribution in [-0.2, 0) is 17.8 Å². The van der Waals surface area contributed by atoms with Gasteiger partial charge in [-0.05, 0) is 57.7 Å². The zero-order chi connectivity index (χ0) is 23.0. The molecule has 0 saturated heterocycles. The number of pyridine rings is 1. The molecule has 0 aliphatic carbocycles. The molecule has 7 heteroatoms. The predicted octanol–water partition coefficient (Wildman–Crippen LogP) is 4.10. The number of anilines is 1. The SMILES string of the molecule is Cc1cc(C)c(NC(=O)CN(C)C(=O)c2cc(C)nc3c2nc2n3CCCCC2)c(C)c1. The van der Waals surface area contributed by atoms with Gasteiger partial charge in [0.1, 0.15) is 11.3 Å². The molecule has 3 heterocycles. The number of imidazole rings is 1. The van der Waals surface area contributed by atoms with Gasteiger partial charge in [0.15, 0.2) is 5.65 Å². The van der Waals surface area contributed by atoms with Gasteiger partial charge < -0.3 is 14.8 Å². The van der Waals surface area contributed by atoms with Gasteiger partial charge in [-0.15, -0.1) is 0 Å². The van der Waals surface area contributed by atoms with E-state index < -0.39 is 0 Å². The smallest absolute Gasteiger partial charge is 0.256 e. The lowest BCUT2D eigenvalue weighted by atomic mass is 10.1. The summed E-state index contributed by atoms with van der Waals surface area (Å²) in [7, 11) is 1.65. The van der Waals surface area contributed by atoms with E-state index in [1.807, 2.05) is 39.8 Å². The molecule has 1 aromatic carbocycles. The third-order valence-corrected chi connectivity index (χ3v) is 6.09. The minimum absolute atomic E-state index is 0.0397. The van der Waals surface area contributed by atoms with Crippen molar-refractivity contribution in [3.63, 3.8) is 0 Å². The first-order valence-electron chi connectivity index (χ1n) is 11.2. The highest BCUT2D eigenvalue weighted by atomic mass is 16.2. The van der Waals surface area contributed by atoms with Crippen molar-refractivity contribution in [1.82, 2.24) is 19.4 Å². The fraction of sp³-hybridized carbons (Fsp3) is 0.440. The average Bonchev–Trinajstić information content (AvgIpc) is 2.90. The molecule has 0 radical (unpaired) electrons.